The Morgan fingerprint density at radius 2 is 1.06 bits per heavy atom. The van der Waals surface area contributed by atoms with Gasteiger partial charge in [-0.3, -0.25) is 0 Å². The van der Waals surface area contributed by atoms with Crippen molar-refractivity contribution in [1.82, 2.24) is 39.5 Å². The number of aromatic nitrogens is 8. The van der Waals surface area contributed by atoms with Crippen LogP contribution in [0.25, 0.3) is 34.2 Å². The van der Waals surface area contributed by atoms with Gasteiger partial charge in [0.1, 0.15) is 0 Å². The van der Waals surface area contributed by atoms with Crippen LogP contribution in [0.2, 0.25) is 15.3 Å². The lowest BCUT2D eigenvalue weighted by Crippen LogP contribution is -2.04. The van der Waals surface area contributed by atoms with Crippen LogP contribution in [0, 0.1) is 20.8 Å². The Labute approximate surface area is 286 Å². The first-order chi connectivity index (χ1) is 22.7. The molecule has 0 aliphatic rings. The van der Waals surface area contributed by atoms with Crippen LogP contribution in [-0.4, -0.2) is 39.5 Å². The fourth-order valence-corrected chi connectivity index (χ4v) is 5.07. The summed E-state index contributed by atoms with van der Waals surface area (Å²) < 4.78 is 3.39. The molecule has 0 spiro atoms. The molecule has 0 saturated carbocycles. The van der Waals surface area contributed by atoms with Crippen molar-refractivity contribution in [2.75, 3.05) is 5.32 Å². The molecule has 0 atom stereocenters. The van der Waals surface area contributed by atoms with Crippen LogP contribution in [0.1, 0.15) is 16.7 Å². The van der Waals surface area contributed by atoms with Gasteiger partial charge in [0.2, 0.25) is 11.2 Å². The summed E-state index contributed by atoms with van der Waals surface area (Å²) in [5, 5.41) is 14.0. The molecular formula is C35H28Cl3N9. The zero-order valence-electron chi connectivity index (χ0n) is 25.6. The molecule has 0 bridgehead atoms. The average Bonchev–Trinajstić information content (AvgIpc) is 3.76. The zero-order valence-corrected chi connectivity index (χ0v) is 27.9. The maximum absolute atomic E-state index is 5.96. The molecule has 0 saturated heterocycles. The molecule has 4 heterocycles. The second kappa shape index (κ2) is 14.1. The Bertz CT molecular complexity index is 2120. The highest BCUT2D eigenvalue weighted by molar-refractivity contribution is 6.31. The summed E-state index contributed by atoms with van der Waals surface area (Å²) in [5.74, 6) is 1.85. The minimum Gasteiger partial charge on any atom is -0.324 e. The molecule has 7 rings (SSSR count). The zero-order chi connectivity index (χ0) is 32.9. The van der Waals surface area contributed by atoms with Crippen molar-refractivity contribution in [3.05, 3.63) is 142 Å². The molecular weight excluding hydrogens is 653 g/mol. The van der Waals surface area contributed by atoms with Crippen LogP contribution >= 0.6 is 34.8 Å². The highest BCUT2D eigenvalue weighted by atomic mass is 35.5. The lowest BCUT2D eigenvalue weighted by Gasteiger charge is -2.11. The maximum atomic E-state index is 5.96. The summed E-state index contributed by atoms with van der Waals surface area (Å²) in [6, 6.07) is 26.7. The van der Waals surface area contributed by atoms with Gasteiger partial charge in [0.25, 0.3) is 0 Å². The van der Waals surface area contributed by atoms with Crippen molar-refractivity contribution in [2.45, 2.75) is 20.8 Å². The first-order valence-electron chi connectivity index (χ1n) is 14.5. The van der Waals surface area contributed by atoms with Gasteiger partial charge in [-0.05, 0) is 97.6 Å². The minimum atomic E-state index is 0.195. The quantitative estimate of drug-likeness (QED) is 0.175. The predicted octanol–water partition coefficient (Wildman–Crippen LogP) is 9.29. The van der Waals surface area contributed by atoms with E-state index in [0.29, 0.717) is 27.6 Å². The van der Waals surface area contributed by atoms with Crippen molar-refractivity contribution in [3.8, 4) is 34.2 Å². The van der Waals surface area contributed by atoms with E-state index < -0.39 is 0 Å². The highest BCUT2D eigenvalue weighted by Gasteiger charge is 2.09. The van der Waals surface area contributed by atoms with Crippen molar-refractivity contribution in [2.24, 2.45) is 0 Å². The van der Waals surface area contributed by atoms with Crippen LogP contribution in [-0.2, 0) is 0 Å². The Morgan fingerprint density at radius 3 is 1.57 bits per heavy atom. The third-order valence-corrected chi connectivity index (χ3v) is 8.05. The summed E-state index contributed by atoms with van der Waals surface area (Å²) in [5.41, 5.74) is 8.42. The molecule has 9 nitrogen and oxygen atoms in total. The topological polar surface area (TPSA) is 99.2 Å². The number of aryl methyl sites for hydroxylation is 2. The molecule has 12 heteroatoms. The number of benzene rings is 3. The number of nitrogens with zero attached hydrogens (tertiary/aromatic N) is 8. The number of anilines is 2. The second-order valence-corrected chi connectivity index (χ2v) is 11.8. The molecule has 47 heavy (non-hydrogen) atoms. The van der Waals surface area contributed by atoms with Gasteiger partial charge >= 0.3 is 0 Å². The molecule has 0 aliphatic heterocycles. The molecule has 4 aromatic heterocycles. The van der Waals surface area contributed by atoms with Gasteiger partial charge in [-0.25, -0.2) is 19.3 Å². The Kier molecular flexibility index (Phi) is 9.58. The van der Waals surface area contributed by atoms with Crippen LogP contribution in [0.3, 0.4) is 0 Å². The highest BCUT2D eigenvalue weighted by Crippen LogP contribution is 2.24. The van der Waals surface area contributed by atoms with E-state index in [0.717, 1.165) is 28.2 Å². The second-order valence-electron chi connectivity index (χ2n) is 10.6. The summed E-state index contributed by atoms with van der Waals surface area (Å²) in [4.78, 5) is 16.9. The van der Waals surface area contributed by atoms with Crippen LogP contribution in [0.15, 0.2) is 110 Å². The first-order valence-corrected chi connectivity index (χ1v) is 15.7. The van der Waals surface area contributed by atoms with Crippen LogP contribution in [0.5, 0.6) is 0 Å². The van der Waals surface area contributed by atoms with Crippen molar-refractivity contribution >= 4 is 46.4 Å². The molecule has 7 aromatic rings. The molecule has 3 aromatic carbocycles. The SMILES string of the molecule is Cc1cc(Nc2nccc(-n3ccc(-c4ccc(Cl)cc4)n3)n2)cc(C)c1C.Clc1ccc(-c2ccn(-c3ccnc(Cl)n3)n2)cc1. The van der Waals surface area contributed by atoms with Gasteiger partial charge in [-0.15, -0.1) is 0 Å². The maximum Gasteiger partial charge on any atom is 0.229 e. The minimum absolute atomic E-state index is 0.195. The fraction of sp³-hybridized carbons (Fsp3) is 0.0857. The van der Waals surface area contributed by atoms with Gasteiger partial charge in [0.05, 0.1) is 11.4 Å². The molecule has 1 N–H and O–H groups in total. The summed E-state index contributed by atoms with van der Waals surface area (Å²) in [7, 11) is 0. The van der Waals surface area contributed by atoms with Gasteiger partial charge in [0, 0.05) is 63.8 Å². The molecule has 0 radical (unpaired) electrons. The van der Waals surface area contributed by atoms with Gasteiger partial charge in [0.15, 0.2) is 11.6 Å². The van der Waals surface area contributed by atoms with E-state index in [1.165, 1.54) is 16.7 Å². The van der Waals surface area contributed by atoms with E-state index in [9.17, 15) is 0 Å². The van der Waals surface area contributed by atoms with Crippen LogP contribution in [0.4, 0.5) is 11.6 Å². The Hall–Kier alpha value is -5.09. The molecule has 0 fully saturated rings. The lowest BCUT2D eigenvalue weighted by atomic mass is 10.0. The molecule has 0 unspecified atom stereocenters. The van der Waals surface area contributed by atoms with Gasteiger partial charge < -0.3 is 5.32 Å². The number of rotatable bonds is 6. The average molecular weight is 681 g/mol. The number of nitrogens with one attached hydrogen (secondary N) is 1. The van der Waals surface area contributed by atoms with Crippen molar-refractivity contribution < 1.29 is 0 Å². The summed E-state index contributed by atoms with van der Waals surface area (Å²) >= 11 is 17.6. The predicted molar refractivity (Wildman–Crippen MR) is 188 cm³/mol. The van der Waals surface area contributed by atoms with E-state index in [1.807, 2.05) is 79.1 Å². The number of halogens is 3. The van der Waals surface area contributed by atoms with E-state index in [2.05, 4.69) is 68.4 Å². The lowest BCUT2D eigenvalue weighted by molar-refractivity contribution is 0.843. The van der Waals surface area contributed by atoms with Gasteiger partial charge in [-0.1, -0.05) is 47.5 Å². The smallest absolute Gasteiger partial charge is 0.229 e. The van der Waals surface area contributed by atoms with E-state index in [4.69, 9.17) is 34.8 Å². The fourth-order valence-electron chi connectivity index (χ4n) is 4.68. The third kappa shape index (κ3) is 7.84. The van der Waals surface area contributed by atoms with Crippen molar-refractivity contribution in [1.29, 1.82) is 0 Å². The Morgan fingerprint density at radius 1 is 0.574 bits per heavy atom. The number of hydrogen-bond donors (Lipinski definition) is 1. The van der Waals surface area contributed by atoms with Crippen LogP contribution < -0.4 is 5.32 Å². The third-order valence-electron chi connectivity index (χ3n) is 7.36. The standard InChI is InChI=1S/C22H20ClN5.C13H8Cl2N4/c1-14-12-19(13-15(2)16(14)3)25-22-24-10-8-21(26-22)28-11-9-20(27-28)17-4-6-18(23)7-5-17;14-10-3-1-9(2-4-10)11-6-8-19(18-11)12-5-7-16-13(15)17-12/h4-13H,1-3H3,(H,24,25,26);1-8H. The molecule has 0 aliphatic carbocycles. The summed E-state index contributed by atoms with van der Waals surface area (Å²) in [6.07, 6.45) is 7.02. The van der Waals surface area contributed by atoms with Gasteiger partial charge in [-0.2, -0.15) is 20.2 Å². The number of hydrogen-bond acceptors (Lipinski definition) is 7. The van der Waals surface area contributed by atoms with E-state index in [1.54, 1.807) is 27.8 Å². The summed E-state index contributed by atoms with van der Waals surface area (Å²) in [6.45, 7) is 6.33. The molecule has 234 valence electrons. The van der Waals surface area contributed by atoms with Crippen molar-refractivity contribution in [3.63, 3.8) is 0 Å². The largest absolute Gasteiger partial charge is 0.324 e. The van der Waals surface area contributed by atoms with E-state index in [-0.39, 0.29) is 5.28 Å². The molecule has 0 amide bonds. The first kappa shape index (κ1) is 31.9. The normalized spacial score (nSPS) is 10.8. The van der Waals surface area contributed by atoms with E-state index >= 15 is 0 Å². The monoisotopic (exact) mass is 679 g/mol. The Balaban J connectivity index is 0.000000177.